The summed E-state index contributed by atoms with van der Waals surface area (Å²) in [6.45, 7) is 30.6. The largest absolute Gasteiger partial charge is 0.342 e. The van der Waals surface area contributed by atoms with Gasteiger partial charge in [0.15, 0.2) is 7.28 Å². The van der Waals surface area contributed by atoms with E-state index in [4.69, 9.17) is 0 Å². The van der Waals surface area contributed by atoms with Gasteiger partial charge in [-0.25, -0.2) is 0 Å². The summed E-state index contributed by atoms with van der Waals surface area (Å²) in [7, 11) is 2.42. The summed E-state index contributed by atoms with van der Waals surface area (Å²) in [6, 6.07) is 23.7. The summed E-state index contributed by atoms with van der Waals surface area (Å²) in [6.07, 6.45) is 6.60. The fourth-order valence-corrected chi connectivity index (χ4v) is 8.32. The van der Waals surface area contributed by atoms with E-state index >= 15 is 0 Å². The van der Waals surface area contributed by atoms with Crippen molar-refractivity contribution in [3.8, 4) is 11.1 Å². The first-order valence-corrected chi connectivity index (χ1v) is 17.9. The molecule has 247 valence electrons. The Labute approximate surface area is 291 Å². The van der Waals surface area contributed by atoms with Crippen molar-refractivity contribution in [2.45, 2.75) is 99.8 Å². The molecular formula is C45H54BN2. The molecule has 0 bridgehead atoms. The lowest BCUT2D eigenvalue weighted by atomic mass is 9.59. The maximum Gasteiger partial charge on any atom is 0.199 e. The van der Waals surface area contributed by atoms with E-state index in [1.165, 1.54) is 91.0 Å². The van der Waals surface area contributed by atoms with Gasteiger partial charge in [0.25, 0.3) is 0 Å². The first-order chi connectivity index (χ1) is 22.6. The van der Waals surface area contributed by atoms with Gasteiger partial charge >= 0.3 is 0 Å². The van der Waals surface area contributed by atoms with Crippen molar-refractivity contribution in [1.82, 2.24) is 0 Å². The third kappa shape index (κ3) is 5.95. The second kappa shape index (κ2) is 12.5. The van der Waals surface area contributed by atoms with E-state index in [0.29, 0.717) is 5.92 Å². The number of rotatable bonds is 7. The van der Waals surface area contributed by atoms with Gasteiger partial charge < -0.3 is 9.80 Å². The highest BCUT2D eigenvalue weighted by Crippen LogP contribution is 2.48. The third-order valence-electron chi connectivity index (χ3n) is 10.8. The summed E-state index contributed by atoms with van der Waals surface area (Å²) in [4.78, 5) is 5.02. The Hall–Kier alpha value is -3.98. The SMILES string of the molecule is C=C/C(=C\C)N1c2cc(-c3c(C)cc(C)cc3C)ccc2[B]c2c(N(CC(C)C)c3ccc4c(c3)C(C)(C)CCC4(C)C)cc(C)cc21. The Kier molecular flexibility index (Phi) is 8.82. The summed E-state index contributed by atoms with van der Waals surface area (Å²) >= 11 is 0. The summed E-state index contributed by atoms with van der Waals surface area (Å²) in [5.74, 6) is 0.483. The first kappa shape index (κ1) is 33.9. The van der Waals surface area contributed by atoms with Crippen LogP contribution in [0.1, 0.15) is 94.7 Å². The lowest BCUT2D eigenvalue weighted by Gasteiger charge is -2.43. The average molecular weight is 634 g/mol. The van der Waals surface area contributed by atoms with Gasteiger partial charge in [-0.2, -0.15) is 0 Å². The summed E-state index contributed by atoms with van der Waals surface area (Å²) < 4.78 is 0. The maximum absolute atomic E-state index is 4.27. The molecule has 2 nitrogen and oxygen atoms in total. The van der Waals surface area contributed by atoms with Crippen molar-refractivity contribution in [2.24, 2.45) is 5.92 Å². The van der Waals surface area contributed by atoms with Gasteiger partial charge in [0.2, 0.25) is 0 Å². The van der Waals surface area contributed by atoms with Gasteiger partial charge in [-0.15, -0.1) is 0 Å². The van der Waals surface area contributed by atoms with Crippen molar-refractivity contribution in [1.29, 1.82) is 0 Å². The predicted molar refractivity (Wildman–Crippen MR) is 212 cm³/mol. The molecule has 0 aromatic heterocycles. The van der Waals surface area contributed by atoms with E-state index in [2.05, 4.69) is 167 Å². The van der Waals surface area contributed by atoms with Crippen molar-refractivity contribution < 1.29 is 0 Å². The van der Waals surface area contributed by atoms with Crippen LogP contribution in [0.4, 0.5) is 22.7 Å². The van der Waals surface area contributed by atoms with Crippen LogP contribution in [0.15, 0.2) is 85.1 Å². The number of benzene rings is 4. The molecule has 1 radical (unpaired) electrons. The smallest absolute Gasteiger partial charge is 0.199 e. The van der Waals surface area contributed by atoms with E-state index in [1.807, 2.05) is 6.08 Å². The highest BCUT2D eigenvalue weighted by Gasteiger charge is 2.38. The van der Waals surface area contributed by atoms with Crippen LogP contribution in [0.3, 0.4) is 0 Å². The molecule has 0 saturated heterocycles. The van der Waals surface area contributed by atoms with Gasteiger partial charge in [0.05, 0.1) is 0 Å². The Morgan fingerprint density at radius 3 is 2.10 bits per heavy atom. The highest BCUT2D eigenvalue weighted by atomic mass is 15.2. The topological polar surface area (TPSA) is 6.48 Å². The molecule has 0 amide bonds. The number of nitrogens with zero attached hydrogens (tertiary/aromatic N) is 2. The van der Waals surface area contributed by atoms with Gasteiger partial charge in [-0.05, 0) is 145 Å². The minimum absolute atomic E-state index is 0.148. The van der Waals surface area contributed by atoms with E-state index in [9.17, 15) is 0 Å². The van der Waals surface area contributed by atoms with Crippen LogP contribution in [0.5, 0.6) is 0 Å². The number of hydrogen-bond acceptors (Lipinski definition) is 2. The summed E-state index contributed by atoms with van der Waals surface area (Å²) in [5, 5.41) is 0. The monoisotopic (exact) mass is 633 g/mol. The number of fused-ring (bicyclic) bond motifs is 3. The predicted octanol–water partition coefficient (Wildman–Crippen LogP) is 10.9. The van der Waals surface area contributed by atoms with Gasteiger partial charge in [0.1, 0.15) is 0 Å². The van der Waals surface area contributed by atoms with Crippen LogP contribution >= 0.6 is 0 Å². The normalized spacial score (nSPS) is 16.2. The fraction of sp³-hybridized carbons (Fsp3) is 0.378. The second-order valence-electron chi connectivity index (χ2n) is 16.2. The molecule has 0 unspecified atom stereocenters. The van der Waals surface area contributed by atoms with E-state index in [-0.39, 0.29) is 10.8 Å². The molecule has 0 atom stereocenters. The molecule has 0 spiro atoms. The first-order valence-electron chi connectivity index (χ1n) is 17.9. The molecule has 4 aromatic carbocycles. The van der Waals surface area contributed by atoms with Gasteiger partial charge in [-0.1, -0.05) is 95.6 Å². The number of anilines is 4. The van der Waals surface area contributed by atoms with Crippen molar-refractivity contribution in [2.75, 3.05) is 16.3 Å². The maximum atomic E-state index is 4.27. The zero-order valence-corrected chi connectivity index (χ0v) is 31.3. The van der Waals surface area contributed by atoms with E-state index in [0.717, 1.165) is 12.2 Å². The van der Waals surface area contributed by atoms with Crippen LogP contribution in [0, 0.1) is 33.6 Å². The fourth-order valence-electron chi connectivity index (χ4n) is 8.32. The standard InChI is InChI=1S/C45H54BN2/c1-13-34(14-2)48-39-25-33(42-31(7)21-29(5)22-32(42)8)15-18-38(39)46-43-40(23-30(6)24-41(43)48)47(27-28(3)4)35-16-17-36-37(26-35)45(11,12)20-19-44(36,9)10/h13-18,21-26,28H,1,19-20,27H2,2-12H3/b34-14+. The van der Waals surface area contributed by atoms with E-state index in [1.54, 1.807) is 0 Å². The Morgan fingerprint density at radius 1 is 0.833 bits per heavy atom. The quantitative estimate of drug-likeness (QED) is 0.148. The molecule has 0 fully saturated rings. The van der Waals surface area contributed by atoms with Crippen LogP contribution in [-0.2, 0) is 10.8 Å². The molecule has 4 aromatic rings. The molecule has 2 aliphatic rings. The minimum atomic E-state index is 0.148. The Bertz CT molecular complexity index is 1920. The average Bonchev–Trinajstić information content (AvgIpc) is 3.01. The molecule has 1 aliphatic carbocycles. The van der Waals surface area contributed by atoms with Gasteiger partial charge in [-0.3, -0.25) is 0 Å². The number of aryl methyl sites for hydroxylation is 4. The molecule has 0 saturated carbocycles. The molecule has 1 aliphatic heterocycles. The minimum Gasteiger partial charge on any atom is -0.342 e. The van der Waals surface area contributed by atoms with Crippen LogP contribution in [-0.4, -0.2) is 13.8 Å². The highest BCUT2D eigenvalue weighted by molar-refractivity contribution is 6.73. The lowest BCUT2D eigenvalue weighted by molar-refractivity contribution is 0.332. The van der Waals surface area contributed by atoms with Gasteiger partial charge in [0, 0.05) is 35.0 Å². The summed E-state index contributed by atoms with van der Waals surface area (Å²) in [5.41, 5.74) is 19.6. The molecule has 3 heteroatoms. The zero-order chi connectivity index (χ0) is 34.7. The van der Waals surface area contributed by atoms with Crippen LogP contribution < -0.4 is 20.7 Å². The Morgan fingerprint density at radius 2 is 1.48 bits per heavy atom. The van der Waals surface area contributed by atoms with Crippen LogP contribution in [0.2, 0.25) is 0 Å². The number of hydrogen-bond donors (Lipinski definition) is 0. The van der Waals surface area contributed by atoms with E-state index < -0.39 is 0 Å². The Balaban J connectivity index is 1.56. The zero-order valence-electron chi connectivity index (χ0n) is 31.3. The lowest BCUT2D eigenvalue weighted by Crippen LogP contribution is -2.44. The van der Waals surface area contributed by atoms with Crippen molar-refractivity contribution in [3.05, 3.63) is 118 Å². The second-order valence-corrected chi connectivity index (χ2v) is 16.2. The van der Waals surface area contributed by atoms with Crippen molar-refractivity contribution in [3.63, 3.8) is 0 Å². The molecule has 0 N–H and O–H groups in total. The molecule has 6 rings (SSSR count). The number of allylic oxidation sites excluding steroid dienone is 2. The molecular weight excluding hydrogens is 579 g/mol. The molecule has 48 heavy (non-hydrogen) atoms. The molecule has 1 heterocycles. The van der Waals surface area contributed by atoms with Crippen molar-refractivity contribution >= 4 is 41.0 Å². The van der Waals surface area contributed by atoms with Crippen LogP contribution in [0.25, 0.3) is 11.1 Å². The third-order valence-corrected chi connectivity index (χ3v) is 10.8.